The molecule has 5 nitrogen and oxygen atoms in total. The maximum absolute atomic E-state index is 5.76. The first kappa shape index (κ1) is 18.6. The van der Waals surface area contributed by atoms with E-state index in [2.05, 4.69) is 63.7 Å². The molecule has 0 bridgehead atoms. The fraction of sp³-hybridized carbons (Fsp3) is 0.318. The molecule has 4 rings (SSSR count). The van der Waals surface area contributed by atoms with Crippen LogP contribution in [0.3, 0.4) is 0 Å². The Hall–Kier alpha value is -2.73. The van der Waals surface area contributed by atoms with Crippen LogP contribution >= 0.6 is 12.2 Å². The van der Waals surface area contributed by atoms with Crippen molar-refractivity contribution in [1.82, 2.24) is 24.8 Å². The van der Waals surface area contributed by atoms with Gasteiger partial charge in [0.25, 0.3) is 0 Å². The Labute approximate surface area is 171 Å². The molecule has 0 saturated carbocycles. The van der Waals surface area contributed by atoms with E-state index >= 15 is 0 Å². The highest BCUT2D eigenvalue weighted by molar-refractivity contribution is 7.80. The number of pyridine rings is 2. The van der Waals surface area contributed by atoms with E-state index in [-0.39, 0.29) is 12.1 Å². The topological polar surface area (TPSA) is 46.0 Å². The van der Waals surface area contributed by atoms with Gasteiger partial charge in [0, 0.05) is 43.1 Å². The predicted molar refractivity (Wildman–Crippen MR) is 115 cm³/mol. The lowest BCUT2D eigenvalue weighted by Gasteiger charge is -2.28. The maximum atomic E-state index is 5.76. The first-order chi connectivity index (χ1) is 13.6. The second kappa shape index (κ2) is 7.72. The number of aromatic nitrogens is 3. The molecular weight excluding hydrogens is 366 g/mol. The third-order valence-corrected chi connectivity index (χ3v) is 5.87. The van der Waals surface area contributed by atoms with Crippen molar-refractivity contribution in [1.29, 1.82) is 0 Å². The van der Waals surface area contributed by atoms with Crippen LogP contribution < -0.4 is 5.32 Å². The molecule has 0 amide bonds. The molecule has 0 spiro atoms. The summed E-state index contributed by atoms with van der Waals surface area (Å²) in [6, 6.07) is 12.5. The van der Waals surface area contributed by atoms with E-state index in [4.69, 9.17) is 12.2 Å². The van der Waals surface area contributed by atoms with Crippen molar-refractivity contribution < 1.29 is 0 Å². The summed E-state index contributed by atoms with van der Waals surface area (Å²) < 4.78 is 2.36. The van der Waals surface area contributed by atoms with Gasteiger partial charge in [0.15, 0.2) is 5.11 Å². The van der Waals surface area contributed by atoms with Crippen LogP contribution in [0, 0.1) is 13.8 Å². The molecule has 1 saturated heterocycles. The molecule has 4 heterocycles. The molecule has 0 radical (unpaired) electrons. The Morgan fingerprint density at radius 3 is 2.64 bits per heavy atom. The minimum Gasteiger partial charge on any atom is -0.352 e. The van der Waals surface area contributed by atoms with E-state index in [1.54, 1.807) is 6.20 Å². The quantitative estimate of drug-likeness (QED) is 0.664. The third-order valence-electron chi connectivity index (χ3n) is 5.52. The molecule has 3 aromatic rings. The molecule has 2 unspecified atom stereocenters. The zero-order valence-electron chi connectivity index (χ0n) is 16.5. The highest BCUT2D eigenvalue weighted by Gasteiger charge is 2.41. The average Bonchev–Trinajstić information content (AvgIpc) is 3.19. The number of rotatable bonds is 5. The molecule has 2 atom stereocenters. The van der Waals surface area contributed by atoms with Crippen molar-refractivity contribution in [3.8, 4) is 0 Å². The Morgan fingerprint density at radius 1 is 1.14 bits per heavy atom. The van der Waals surface area contributed by atoms with Gasteiger partial charge in [-0.15, -0.1) is 0 Å². The molecule has 1 aliphatic rings. The number of nitrogens with zero attached hydrogens (tertiary/aromatic N) is 4. The fourth-order valence-corrected chi connectivity index (χ4v) is 4.52. The summed E-state index contributed by atoms with van der Waals surface area (Å²) in [4.78, 5) is 11.2. The van der Waals surface area contributed by atoms with Crippen LogP contribution in [0.1, 0.15) is 47.2 Å². The molecule has 1 fully saturated rings. The monoisotopic (exact) mass is 391 g/mol. The zero-order chi connectivity index (χ0) is 19.7. The predicted octanol–water partition coefficient (Wildman–Crippen LogP) is 4.09. The van der Waals surface area contributed by atoms with E-state index in [1.807, 2.05) is 30.6 Å². The number of nitrogens with one attached hydrogen (secondary N) is 1. The first-order valence-corrected chi connectivity index (χ1v) is 10.0. The minimum absolute atomic E-state index is 0.0103. The summed E-state index contributed by atoms with van der Waals surface area (Å²) in [5.41, 5.74) is 6.00. The van der Waals surface area contributed by atoms with Crippen LogP contribution in [0.25, 0.3) is 0 Å². The molecule has 0 aliphatic carbocycles. The van der Waals surface area contributed by atoms with Crippen LogP contribution in [0.15, 0.2) is 55.0 Å². The smallest absolute Gasteiger partial charge is 0.170 e. The molecule has 3 aromatic heterocycles. The Bertz CT molecular complexity index is 967. The average molecular weight is 392 g/mol. The normalized spacial score (nSPS) is 19.1. The van der Waals surface area contributed by atoms with Crippen LogP contribution in [0.5, 0.6) is 0 Å². The SMILES string of the molecule is CCn1c(C)cc(C2C(c3ccccn3)NC(=S)N2Cc2cccnc2)c1C. The first-order valence-electron chi connectivity index (χ1n) is 9.63. The molecule has 0 aromatic carbocycles. The summed E-state index contributed by atoms with van der Waals surface area (Å²) in [6.45, 7) is 8.22. The van der Waals surface area contributed by atoms with Crippen LogP contribution in [0.2, 0.25) is 0 Å². The van der Waals surface area contributed by atoms with Crippen molar-refractivity contribution in [2.45, 2.75) is 45.9 Å². The standard InChI is InChI=1S/C22H25N5S/c1-4-26-15(2)12-18(16(26)3)21-20(19-9-5-6-11-24-19)25-22(28)27(21)14-17-8-7-10-23-13-17/h5-13,20-21H,4,14H2,1-3H3,(H,25,28). The van der Waals surface area contributed by atoms with Crippen LogP contribution in [0.4, 0.5) is 0 Å². The molecule has 144 valence electrons. The van der Waals surface area contributed by atoms with Crippen molar-refractivity contribution in [3.63, 3.8) is 0 Å². The van der Waals surface area contributed by atoms with E-state index in [0.717, 1.165) is 22.9 Å². The second-order valence-corrected chi connectivity index (χ2v) is 7.57. The number of aryl methyl sites for hydroxylation is 1. The molecular formula is C22H25N5S. The van der Waals surface area contributed by atoms with E-state index < -0.39 is 0 Å². The van der Waals surface area contributed by atoms with Gasteiger partial charge in [-0.05, 0) is 68.4 Å². The lowest BCUT2D eigenvalue weighted by molar-refractivity contribution is 0.309. The highest BCUT2D eigenvalue weighted by atomic mass is 32.1. The number of hydrogen-bond acceptors (Lipinski definition) is 3. The van der Waals surface area contributed by atoms with Gasteiger partial charge >= 0.3 is 0 Å². The Kier molecular flexibility index (Phi) is 5.13. The summed E-state index contributed by atoms with van der Waals surface area (Å²) in [5, 5.41) is 4.28. The second-order valence-electron chi connectivity index (χ2n) is 7.19. The van der Waals surface area contributed by atoms with Crippen molar-refractivity contribution >= 4 is 17.3 Å². The van der Waals surface area contributed by atoms with Gasteiger partial charge in [0.05, 0.1) is 17.8 Å². The van der Waals surface area contributed by atoms with Crippen molar-refractivity contribution in [3.05, 3.63) is 83.2 Å². The van der Waals surface area contributed by atoms with E-state index in [0.29, 0.717) is 6.54 Å². The van der Waals surface area contributed by atoms with Gasteiger partial charge in [-0.1, -0.05) is 12.1 Å². The Morgan fingerprint density at radius 2 is 2.00 bits per heavy atom. The van der Waals surface area contributed by atoms with E-state index in [9.17, 15) is 0 Å². The summed E-state index contributed by atoms with van der Waals surface area (Å²) in [7, 11) is 0. The van der Waals surface area contributed by atoms with Crippen LogP contribution in [-0.2, 0) is 13.1 Å². The molecule has 6 heteroatoms. The van der Waals surface area contributed by atoms with Gasteiger partial charge in [0.1, 0.15) is 0 Å². The maximum Gasteiger partial charge on any atom is 0.170 e. The van der Waals surface area contributed by atoms with E-state index in [1.165, 1.54) is 17.0 Å². The molecule has 1 aliphatic heterocycles. The third kappa shape index (κ3) is 3.29. The summed E-state index contributed by atoms with van der Waals surface area (Å²) in [5.74, 6) is 0. The van der Waals surface area contributed by atoms with Gasteiger partial charge in [0.2, 0.25) is 0 Å². The lowest BCUT2D eigenvalue weighted by atomic mass is 9.96. The number of hydrogen-bond donors (Lipinski definition) is 1. The summed E-state index contributed by atoms with van der Waals surface area (Å²) in [6.07, 6.45) is 5.55. The van der Waals surface area contributed by atoms with Gasteiger partial charge in [-0.3, -0.25) is 9.97 Å². The number of thiocarbonyl (C=S) groups is 1. The van der Waals surface area contributed by atoms with Crippen molar-refractivity contribution in [2.24, 2.45) is 0 Å². The Balaban J connectivity index is 1.80. The highest BCUT2D eigenvalue weighted by Crippen LogP contribution is 2.41. The van der Waals surface area contributed by atoms with Crippen molar-refractivity contribution in [2.75, 3.05) is 0 Å². The fourth-order valence-electron chi connectivity index (χ4n) is 4.22. The minimum atomic E-state index is 0.0103. The lowest BCUT2D eigenvalue weighted by Crippen LogP contribution is -2.29. The largest absolute Gasteiger partial charge is 0.352 e. The van der Waals surface area contributed by atoms with Gasteiger partial charge < -0.3 is 14.8 Å². The van der Waals surface area contributed by atoms with Crippen LogP contribution in [-0.4, -0.2) is 24.5 Å². The molecule has 28 heavy (non-hydrogen) atoms. The molecule has 1 N–H and O–H groups in total. The van der Waals surface area contributed by atoms with Gasteiger partial charge in [-0.25, -0.2) is 0 Å². The summed E-state index contributed by atoms with van der Waals surface area (Å²) >= 11 is 5.76. The zero-order valence-corrected chi connectivity index (χ0v) is 17.3. The van der Waals surface area contributed by atoms with Gasteiger partial charge in [-0.2, -0.15) is 0 Å².